The van der Waals surface area contributed by atoms with Crippen molar-refractivity contribution in [2.45, 2.75) is 46.1 Å². The van der Waals surface area contributed by atoms with E-state index in [0.29, 0.717) is 13.2 Å². The molecule has 1 aliphatic heterocycles. The largest absolute Gasteiger partial charge is 0.467 e. The number of aliphatic imine (C=N–C) groups is 1. The highest BCUT2D eigenvalue weighted by atomic mass is 16.5. The Morgan fingerprint density at radius 3 is 2.59 bits per heavy atom. The summed E-state index contributed by atoms with van der Waals surface area (Å²) in [6, 6.07) is 3.81. The Kier molecular flexibility index (Phi) is 10.3. The van der Waals surface area contributed by atoms with E-state index in [9.17, 15) is 0 Å². The van der Waals surface area contributed by atoms with Crippen LogP contribution in [0.4, 0.5) is 0 Å². The molecule has 1 aromatic rings. The third kappa shape index (κ3) is 9.29. The second kappa shape index (κ2) is 12.8. The van der Waals surface area contributed by atoms with Crippen LogP contribution in [-0.4, -0.2) is 57.2 Å². The molecule has 2 heterocycles. The molecule has 154 valence electrons. The van der Waals surface area contributed by atoms with E-state index < -0.39 is 0 Å². The molecule has 0 saturated carbocycles. The fourth-order valence-electron chi connectivity index (χ4n) is 3.81. The predicted octanol–water partition coefficient (Wildman–Crippen LogP) is 3.11. The van der Waals surface area contributed by atoms with E-state index in [2.05, 4.69) is 34.4 Å². The Hall–Kier alpha value is -1.53. The van der Waals surface area contributed by atoms with Gasteiger partial charge in [0.05, 0.1) is 6.26 Å². The molecule has 0 amide bonds. The molecule has 1 fully saturated rings. The van der Waals surface area contributed by atoms with Gasteiger partial charge in [-0.15, -0.1) is 0 Å². The number of unbranched alkanes of at least 4 members (excludes halogenated alkanes) is 1. The summed E-state index contributed by atoms with van der Waals surface area (Å²) in [5.74, 6) is 3.44. The highest BCUT2D eigenvalue weighted by molar-refractivity contribution is 5.79. The Morgan fingerprint density at radius 2 is 1.93 bits per heavy atom. The fraction of sp³-hybridized carbons (Fsp3) is 0.762. The van der Waals surface area contributed by atoms with Crippen molar-refractivity contribution in [1.82, 2.24) is 15.5 Å². The average Bonchev–Trinajstić information content (AvgIpc) is 3.15. The molecule has 6 heteroatoms. The molecular formula is C21H38N4O2. The van der Waals surface area contributed by atoms with E-state index >= 15 is 0 Å². The third-order valence-corrected chi connectivity index (χ3v) is 4.94. The van der Waals surface area contributed by atoms with E-state index in [1.54, 1.807) is 6.26 Å². The van der Waals surface area contributed by atoms with Crippen molar-refractivity contribution in [1.29, 1.82) is 0 Å². The lowest BCUT2D eigenvalue weighted by Gasteiger charge is -2.34. The standard InChI is InChI=1S/C21H38N4O2/c1-18-14-19(2)16-25(15-18)11-5-4-9-23-21(22-3)24-10-7-12-26-17-20-8-6-13-27-20/h6,8,13,18-19H,4-5,7,9-12,14-17H2,1-3H3,(H2,22,23,24). The second-order valence-electron chi connectivity index (χ2n) is 7.82. The molecule has 0 radical (unpaired) electrons. The first-order valence-corrected chi connectivity index (χ1v) is 10.4. The van der Waals surface area contributed by atoms with E-state index in [0.717, 1.165) is 43.1 Å². The van der Waals surface area contributed by atoms with E-state index in [1.807, 2.05) is 19.2 Å². The lowest BCUT2D eigenvalue weighted by atomic mass is 9.92. The van der Waals surface area contributed by atoms with Gasteiger partial charge in [0.25, 0.3) is 0 Å². The molecule has 2 N–H and O–H groups in total. The lowest BCUT2D eigenvalue weighted by molar-refractivity contribution is 0.105. The minimum Gasteiger partial charge on any atom is -0.467 e. The van der Waals surface area contributed by atoms with Crippen molar-refractivity contribution in [3.8, 4) is 0 Å². The Balaban J connectivity index is 1.44. The van der Waals surface area contributed by atoms with Crippen LogP contribution in [0.5, 0.6) is 0 Å². The van der Waals surface area contributed by atoms with Gasteiger partial charge >= 0.3 is 0 Å². The number of piperidine rings is 1. The van der Waals surface area contributed by atoms with Crippen LogP contribution in [0.2, 0.25) is 0 Å². The van der Waals surface area contributed by atoms with Crippen LogP contribution in [0.15, 0.2) is 27.8 Å². The molecule has 0 bridgehead atoms. The molecule has 2 rings (SSSR count). The van der Waals surface area contributed by atoms with Gasteiger partial charge in [0, 0.05) is 39.8 Å². The van der Waals surface area contributed by atoms with Gasteiger partial charge < -0.3 is 24.7 Å². The van der Waals surface area contributed by atoms with Crippen molar-refractivity contribution >= 4 is 5.96 Å². The fourth-order valence-corrected chi connectivity index (χ4v) is 3.81. The number of hydrogen-bond acceptors (Lipinski definition) is 4. The summed E-state index contributed by atoms with van der Waals surface area (Å²) in [6.45, 7) is 11.6. The van der Waals surface area contributed by atoms with E-state index in [1.165, 1.54) is 38.9 Å². The van der Waals surface area contributed by atoms with Gasteiger partial charge in [-0.2, -0.15) is 0 Å². The number of hydrogen-bond donors (Lipinski definition) is 2. The molecule has 2 unspecified atom stereocenters. The number of rotatable bonds is 11. The number of furan rings is 1. The maximum Gasteiger partial charge on any atom is 0.190 e. The molecule has 1 aromatic heterocycles. The topological polar surface area (TPSA) is 62.0 Å². The zero-order valence-corrected chi connectivity index (χ0v) is 17.4. The van der Waals surface area contributed by atoms with Gasteiger partial charge in [-0.3, -0.25) is 4.99 Å². The van der Waals surface area contributed by atoms with E-state index in [-0.39, 0.29) is 0 Å². The minimum absolute atomic E-state index is 0.536. The molecule has 0 aromatic carbocycles. The second-order valence-corrected chi connectivity index (χ2v) is 7.82. The summed E-state index contributed by atoms with van der Waals surface area (Å²) in [5.41, 5.74) is 0. The van der Waals surface area contributed by atoms with Crippen LogP contribution in [-0.2, 0) is 11.3 Å². The zero-order valence-electron chi connectivity index (χ0n) is 17.4. The van der Waals surface area contributed by atoms with Crippen LogP contribution >= 0.6 is 0 Å². The SMILES string of the molecule is CN=C(NCCCCN1CC(C)CC(C)C1)NCCCOCc1ccco1. The average molecular weight is 379 g/mol. The number of nitrogens with one attached hydrogen (secondary N) is 2. The monoisotopic (exact) mass is 378 g/mol. The Labute approximate surface area is 164 Å². The van der Waals surface area contributed by atoms with Gasteiger partial charge in [-0.25, -0.2) is 0 Å². The first kappa shape index (κ1) is 21.8. The number of likely N-dealkylation sites (tertiary alicyclic amines) is 1. The van der Waals surface area contributed by atoms with Crippen LogP contribution in [0.25, 0.3) is 0 Å². The Bertz CT molecular complexity index is 508. The lowest BCUT2D eigenvalue weighted by Crippen LogP contribution is -2.40. The van der Waals surface area contributed by atoms with Crippen molar-refractivity contribution in [2.75, 3.05) is 46.4 Å². The smallest absolute Gasteiger partial charge is 0.190 e. The van der Waals surface area contributed by atoms with Crippen molar-refractivity contribution in [3.63, 3.8) is 0 Å². The molecule has 2 atom stereocenters. The van der Waals surface area contributed by atoms with Gasteiger partial charge in [-0.1, -0.05) is 13.8 Å². The van der Waals surface area contributed by atoms with E-state index in [4.69, 9.17) is 9.15 Å². The van der Waals surface area contributed by atoms with Crippen LogP contribution in [0, 0.1) is 11.8 Å². The molecule has 27 heavy (non-hydrogen) atoms. The number of guanidine groups is 1. The highest BCUT2D eigenvalue weighted by Crippen LogP contribution is 2.20. The van der Waals surface area contributed by atoms with Crippen LogP contribution < -0.4 is 10.6 Å². The summed E-state index contributed by atoms with van der Waals surface area (Å²) in [6.07, 6.45) is 6.40. The molecular weight excluding hydrogens is 340 g/mol. The minimum atomic E-state index is 0.536. The van der Waals surface area contributed by atoms with Crippen molar-refractivity contribution in [2.24, 2.45) is 16.8 Å². The van der Waals surface area contributed by atoms with Gasteiger partial charge in [0.15, 0.2) is 5.96 Å². The highest BCUT2D eigenvalue weighted by Gasteiger charge is 2.20. The summed E-state index contributed by atoms with van der Waals surface area (Å²) >= 11 is 0. The molecule has 1 aliphatic rings. The van der Waals surface area contributed by atoms with Crippen molar-refractivity contribution < 1.29 is 9.15 Å². The molecule has 6 nitrogen and oxygen atoms in total. The maximum absolute atomic E-state index is 5.58. The van der Waals surface area contributed by atoms with Crippen LogP contribution in [0.1, 0.15) is 45.3 Å². The molecule has 0 spiro atoms. The molecule has 0 aliphatic carbocycles. The maximum atomic E-state index is 5.58. The normalized spacial score (nSPS) is 21.4. The van der Waals surface area contributed by atoms with Gasteiger partial charge in [-0.05, 0) is 56.2 Å². The summed E-state index contributed by atoms with van der Waals surface area (Å²) in [4.78, 5) is 6.92. The summed E-state index contributed by atoms with van der Waals surface area (Å²) in [7, 11) is 1.82. The quantitative estimate of drug-likeness (QED) is 0.352. The van der Waals surface area contributed by atoms with Gasteiger partial charge in [0.2, 0.25) is 0 Å². The number of ether oxygens (including phenoxy) is 1. The van der Waals surface area contributed by atoms with Crippen molar-refractivity contribution in [3.05, 3.63) is 24.2 Å². The first-order valence-electron chi connectivity index (χ1n) is 10.4. The molecule has 1 saturated heterocycles. The van der Waals surface area contributed by atoms with Crippen LogP contribution in [0.3, 0.4) is 0 Å². The predicted molar refractivity (Wildman–Crippen MR) is 111 cm³/mol. The summed E-state index contributed by atoms with van der Waals surface area (Å²) in [5, 5.41) is 6.74. The third-order valence-electron chi connectivity index (χ3n) is 4.94. The first-order chi connectivity index (χ1) is 13.2. The van der Waals surface area contributed by atoms with Gasteiger partial charge in [0.1, 0.15) is 12.4 Å². The zero-order chi connectivity index (χ0) is 19.3. The number of nitrogens with zero attached hydrogens (tertiary/aromatic N) is 2. The summed E-state index contributed by atoms with van der Waals surface area (Å²) < 4.78 is 10.8. The Morgan fingerprint density at radius 1 is 1.19 bits per heavy atom.